The van der Waals surface area contributed by atoms with Gasteiger partial charge in [0, 0.05) is 35.6 Å². The van der Waals surface area contributed by atoms with Crippen molar-refractivity contribution >= 4 is 26.5 Å². The van der Waals surface area contributed by atoms with E-state index in [2.05, 4.69) is 10.3 Å². The van der Waals surface area contributed by atoms with Crippen molar-refractivity contribution in [2.24, 2.45) is 11.7 Å². The fraction of sp³-hybridized carbons (Fsp3) is 0.174. The average Bonchev–Trinajstić information content (AvgIpc) is 2.80. The topological polar surface area (TPSA) is 126 Å². The summed E-state index contributed by atoms with van der Waals surface area (Å²) < 4.78 is 39.7. The van der Waals surface area contributed by atoms with E-state index in [4.69, 9.17) is 11.1 Å². The Bertz CT molecular complexity index is 1220. The van der Waals surface area contributed by atoms with Gasteiger partial charge >= 0.3 is 0 Å². The molecule has 1 heterocycles. The van der Waals surface area contributed by atoms with Crippen molar-refractivity contribution in [2.75, 3.05) is 5.32 Å². The lowest BCUT2D eigenvalue weighted by molar-refractivity contribution is 0.102. The Labute approximate surface area is 185 Å². The fourth-order valence-electron chi connectivity index (χ4n) is 3.31. The zero-order valence-corrected chi connectivity index (χ0v) is 18.1. The predicted molar refractivity (Wildman–Crippen MR) is 121 cm³/mol. The van der Waals surface area contributed by atoms with Crippen molar-refractivity contribution < 1.29 is 17.6 Å². The van der Waals surface area contributed by atoms with Crippen molar-refractivity contribution in [3.8, 4) is 0 Å². The van der Waals surface area contributed by atoms with E-state index in [0.717, 1.165) is 12.1 Å². The number of nitrogens with one attached hydrogen (secondary N) is 2. The monoisotopic (exact) mass is 454 g/mol. The maximum atomic E-state index is 14.1. The first-order valence-electron chi connectivity index (χ1n) is 9.90. The molecule has 0 saturated carbocycles. The van der Waals surface area contributed by atoms with Gasteiger partial charge in [-0.15, -0.1) is 0 Å². The first kappa shape index (κ1) is 23.2. The fourth-order valence-corrected chi connectivity index (χ4v) is 4.84. The van der Waals surface area contributed by atoms with Crippen LogP contribution in [-0.2, 0) is 9.84 Å². The van der Waals surface area contributed by atoms with E-state index in [0.29, 0.717) is 16.8 Å². The molecule has 0 bridgehead atoms. The summed E-state index contributed by atoms with van der Waals surface area (Å²) in [7, 11) is -4.33. The van der Waals surface area contributed by atoms with Gasteiger partial charge < -0.3 is 11.1 Å². The molecule has 7 nitrogen and oxygen atoms in total. The van der Waals surface area contributed by atoms with E-state index in [9.17, 15) is 17.6 Å². The van der Waals surface area contributed by atoms with Crippen LogP contribution in [0.4, 0.5) is 10.1 Å². The quantitative estimate of drug-likeness (QED) is 0.368. The highest BCUT2D eigenvalue weighted by Gasteiger charge is 2.33. The SMILES string of the molecule is CCC(C(=N)S(=O)(=O)c1ccccc1F)C(N)c1ccc(C(=O)Nc2ccncc2)cc1. The van der Waals surface area contributed by atoms with Gasteiger partial charge in [-0.2, -0.15) is 0 Å². The summed E-state index contributed by atoms with van der Waals surface area (Å²) in [5.74, 6) is -2.10. The normalized spacial score (nSPS) is 13.2. The van der Waals surface area contributed by atoms with Crippen LogP contribution in [0.3, 0.4) is 0 Å². The number of nitrogens with zero attached hydrogens (tertiary/aromatic N) is 1. The van der Waals surface area contributed by atoms with Gasteiger partial charge in [0.25, 0.3) is 5.91 Å². The molecule has 0 aliphatic heterocycles. The van der Waals surface area contributed by atoms with Crippen LogP contribution >= 0.6 is 0 Å². The third-order valence-electron chi connectivity index (χ3n) is 5.12. The van der Waals surface area contributed by atoms with Crippen LogP contribution in [0.5, 0.6) is 0 Å². The molecule has 1 aromatic heterocycles. The van der Waals surface area contributed by atoms with Gasteiger partial charge in [0.05, 0.1) is 0 Å². The summed E-state index contributed by atoms with van der Waals surface area (Å²) in [4.78, 5) is 15.7. The summed E-state index contributed by atoms with van der Waals surface area (Å²) in [5, 5.41) is 10.4. The number of carbonyl (C=O) groups is 1. The molecule has 166 valence electrons. The predicted octanol–water partition coefficient (Wildman–Crippen LogP) is 3.95. The summed E-state index contributed by atoms with van der Waals surface area (Å²) >= 11 is 0. The average molecular weight is 455 g/mol. The molecule has 1 amide bonds. The molecule has 0 spiro atoms. The van der Waals surface area contributed by atoms with E-state index >= 15 is 0 Å². The molecule has 3 aromatic rings. The number of nitrogens with two attached hydrogens (primary N) is 1. The number of pyridine rings is 1. The van der Waals surface area contributed by atoms with Gasteiger partial charge in [0.2, 0.25) is 9.84 Å². The van der Waals surface area contributed by atoms with Crippen LogP contribution in [0.2, 0.25) is 0 Å². The molecule has 4 N–H and O–H groups in total. The molecule has 2 unspecified atom stereocenters. The van der Waals surface area contributed by atoms with Gasteiger partial charge in [-0.1, -0.05) is 31.2 Å². The van der Waals surface area contributed by atoms with Gasteiger partial charge in [0.1, 0.15) is 15.8 Å². The highest BCUT2D eigenvalue weighted by atomic mass is 32.2. The Balaban J connectivity index is 1.79. The van der Waals surface area contributed by atoms with Crippen molar-refractivity contribution in [1.82, 2.24) is 4.98 Å². The third kappa shape index (κ3) is 4.90. The summed E-state index contributed by atoms with van der Waals surface area (Å²) in [6.45, 7) is 1.71. The lowest BCUT2D eigenvalue weighted by atomic mass is 9.92. The number of amides is 1. The van der Waals surface area contributed by atoms with Crippen LogP contribution in [0.15, 0.2) is 78.0 Å². The molecular formula is C23H23FN4O3S. The number of hydrogen-bond acceptors (Lipinski definition) is 6. The summed E-state index contributed by atoms with van der Waals surface area (Å²) in [6.07, 6.45) is 3.39. The van der Waals surface area contributed by atoms with E-state index in [1.807, 2.05) is 0 Å². The first-order valence-corrected chi connectivity index (χ1v) is 11.4. The minimum atomic E-state index is -4.33. The van der Waals surface area contributed by atoms with Gasteiger partial charge in [0.15, 0.2) is 0 Å². The molecule has 0 fully saturated rings. The lowest BCUT2D eigenvalue weighted by Gasteiger charge is -2.24. The van der Waals surface area contributed by atoms with Crippen LogP contribution in [0.1, 0.15) is 35.3 Å². The van der Waals surface area contributed by atoms with Crippen molar-refractivity contribution in [3.63, 3.8) is 0 Å². The minimum absolute atomic E-state index is 0.262. The van der Waals surface area contributed by atoms with Crippen molar-refractivity contribution in [3.05, 3.63) is 90.0 Å². The molecule has 0 saturated heterocycles. The maximum Gasteiger partial charge on any atom is 0.255 e. The molecule has 0 aliphatic carbocycles. The van der Waals surface area contributed by atoms with Crippen LogP contribution in [0, 0.1) is 17.1 Å². The molecule has 0 radical (unpaired) electrons. The number of sulfone groups is 1. The highest BCUT2D eigenvalue weighted by Crippen LogP contribution is 2.29. The second-order valence-electron chi connectivity index (χ2n) is 7.15. The second kappa shape index (κ2) is 9.80. The first-order chi connectivity index (χ1) is 15.3. The number of anilines is 1. The molecular weight excluding hydrogens is 431 g/mol. The molecule has 9 heteroatoms. The van der Waals surface area contributed by atoms with Crippen molar-refractivity contribution in [1.29, 1.82) is 5.41 Å². The highest BCUT2D eigenvalue weighted by molar-refractivity contribution is 8.06. The number of hydrogen-bond donors (Lipinski definition) is 3. The van der Waals surface area contributed by atoms with Crippen LogP contribution in [-0.4, -0.2) is 24.4 Å². The van der Waals surface area contributed by atoms with Gasteiger partial charge in [-0.3, -0.25) is 15.2 Å². The smallest absolute Gasteiger partial charge is 0.255 e. The van der Waals surface area contributed by atoms with Crippen molar-refractivity contribution in [2.45, 2.75) is 24.3 Å². The largest absolute Gasteiger partial charge is 0.323 e. The van der Waals surface area contributed by atoms with E-state index in [-0.39, 0.29) is 12.3 Å². The molecule has 32 heavy (non-hydrogen) atoms. The number of aromatic nitrogens is 1. The zero-order chi connectivity index (χ0) is 23.3. The Hall–Kier alpha value is -3.43. The van der Waals surface area contributed by atoms with Gasteiger partial charge in [-0.05, 0) is 48.4 Å². The van der Waals surface area contributed by atoms with Gasteiger partial charge in [-0.25, -0.2) is 12.8 Å². The number of halogens is 1. The minimum Gasteiger partial charge on any atom is -0.323 e. The third-order valence-corrected chi connectivity index (χ3v) is 6.91. The number of rotatable bonds is 7. The van der Waals surface area contributed by atoms with E-state index in [1.165, 1.54) is 12.1 Å². The summed E-state index contributed by atoms with van der Waals surface area (Å²) in [6, 6.07) is 13.9. The summed E-state index contributed by atoms with van der Waals surface area (Å²) in [5.41, 5.74) is 7.86. The molecule has 2 aromatic carbocycles. The van der Waals surface area contributed by atoms with E-state index in [1.54, 1.807) is 55.7 Å². The number of benzene rings is 2. The Morgan fingerprint density at radius 1 is 1.09 bits per heavy atom. The Kier molecular flexibility index (Phi) is 7.12. The van der Waals surface area contributed by atoms with Crippen LogP contribution < -0.4 is 11.1 Å². The maximum absolute atomic E-state index is 14.1. The Morgan fingerprint density at radius 2 is 1.72 bits per heavy atom. The molecule has 2 atom stereocenters. The molecule has 0 aliphatic rings. The lowest BCUT2D eigenvalue weighted by Crippen LogP contribution is -2.32. The van der Waals surface area contributed by atoms with Crippen LogP contribution in [0.25, 0.3) is 0 Å². The van der Waals surface area contributed by atoms with E-state index < -0.39 is 37.6 Å². The zero-order valence-electron chi connectivity index (χ0n) is 17.3. The Morgan fingerprint density at radius 3 is 2.31 bits per heavy atom. The second-order valence-corrected chi connectivity index (χ2v) is 9.04. The number of carbonyl (C=O) groups excluding carboxylic acids is 1. The standard InChI is InChI=1S/C23H23FN4O3S/c1-2-18(22(26)32(30,31)20-6-4-3-5-19(20)24)21(25)15-7-9-16(10-8-15)23(29)28-17-11-13-27-14-12-17/h3-14,18,21,26H,2,25H2,1H3,(H,27,28,29). The molecule has 3 rings (SSSR count).